The first-order chi connectivity index (χ1) is 18.5. The Balaban J connectivity index is 1.66. The molecule has 0 spiro atoms. The average Bonchev–Trinajstić information content (AvgIpc) is 2.85. The maximum atomic E-state index is 14.0. The quantitative estimate of drug-likeness (QED) is 0.396. The first-order valence-corrected chi connectivity index (χ1v) is 13.7. The fraction of sp³-hybridized carbons (Fsp3) is 0.455. The average molecular weight is 532 g/mol. The second-order valence-corrected chi connectivity index (χ2v) is 12.6. The van der Waals surface area contributed by atoms with Gasteiger partial charge in [0.05, 0.1) is 6.61 Å². The fourth-order valence-corrected chi connectivity index (χ4v) is 6.40. The minimum atomic E-state index is -0.481. The molecule has 0 saturated heterocycles. The van der Waals surface area contributed by atoms with Gasteiger partial charge in [-0.25, -0.2) is 4.39 Å². The molecule has 0 radical (unpaired) electrons. The first kappa shape index (κ1) is 27.3. The lowest BCUT2D eigenvalue weighted by Gasteiger charge is -2.49. The number of para-hydroxylation sites is 1. The third kappa shape index (κ3) is 5.44. The first-order valence-electron chi connectivity index (χ1n) is 13.7. The maximum Gasteiger partial charge on any atom is 0.162 e. The van der Waals surface area contributed by atoms with Crippen LogP contribution in [0, 0.1) is 16.6 Å². The zero-order chi connectivity index (χ0) is 27.9. The van der Waals surface area contributed by atoms with E-state index in [1.807, 2.05) is 24.3 Å². The molecule has 3 aliphatic rings. The van der Waals surface area contributed by atoms with Gasteiger partial charge in [-0.05, 0) is 47.4 Å². The monoisotopic (exact) mass is 531 g/mol. The van der Waals surface area contributed by atoms with Crippen LogP contribution < -0.4 is 4.74 Å². The highest BCUT2D eigenvalue weighted by atomic mass is 19.1. The van der Waals surface area contributed by atoms with E-state index in [0.29, 0.717) is 31.7 Å². The number of carbonyl (C=O) groups is 2. The molecule has 0 saturated carbocycles. The molecule has 0 aromatic heterocycles. The van der Waals surface area contributed by atoms with E-state index in [4.69, 9.17) is 9.47 Å². The molecular formula is C33H38FNO4. The predicted molar refractivity (Wildman–Crippen MR) is 149 cm³/mol. The number of Topliss-reactive ketones (excluding diaryl/α,β-unsaturated/α-hetero) is 2. The van der Waals surface area contributed by atoms with Crippen LogP contribution in [0.25, 0.3) is 0 Å². The summed E-state index contributed by atoms with van der Waals surface area (Å²) in [5.41, 5.74) is 4.75. The normalized spacial score (nSPS) is 20.7. The number of methoxy groups -OCH3 is 1. The van der Waals surface area contributed by atoms with Crippen LogP contribution in [0.3, 0.4) is 0 Å². The van der Waals surface area contributed by atoms with Crippen LogP contribution in [0.5, 0.6) is 5.75 Å². The molecule has 1 aliphatic heterocycles. The van der Waals surface area contributed by atoms with Gasteiger partial charge in [-0.2, -0.15) is 0 Å². The van der Waals surface area contributed by atoms with E-state index in [1.54, 1.807) is 19.2 Å². The summed E-state index contributed by atoms with van der Waals surface area (Å²) in [7, 11) is 1.68. The van der Waals surface area contributed by atoms with E-state index in [1.165, 1.54) is 12.1 Å². The second-order valence-electron chi connectivity index (χ2n) is 12.6. The van der Waals surface area contributed by atoms with Gasteiger partial charge in [0.25, 0.3) is 0 Å². The van der Waals surface area contributed by atoms with Gasteiger partial charge in [0.1, 0.15) is 18.2 Å². The summed E-state index contributed by atoms with van der Waals surface area (Å²) in [6.07, 6.45) is 2.36. The Kier molecular flexibility index (Phi) is 7.27. The summed E-state index contributed by atoms with van der Waals surface area (Å²) in [4.78, 5) is 30.1. The zero-order valence-corrected chi connectivity index (χ0v) is 23.6. The Morgan fingerprint density at radius 2 is 1.41 bits per heavy atom. The number of ether oxygens (including phenoxy) is 2. The number of nitrogens with zero attached hydrogens (tertiary/aromatic N) is 1. The van der Waals surface area contributed by atoms with E-state index in [0.717, 1.165) is 46.5 Å². The van der Waals surface area contributed by atoms with Gasteiger partial charge in [0.2, 0.25) is 0 Å². The van der Waals surface area contributed by atoms with Crippen molar-refractivity contribution in [1.29, 1.82) is 0 Å². The predicted octanol–water partition coefficient (Wildman–Crippen LogP) is 6.74. The van der Waals surface area contributed by atoms with Gasteiger partial charge in [0, 0.05) is 60.5 Å². The van der Waals surface area contributed by atoms with Crippen molar-refractivity contribution in [2.24, 2.45) is 10.8 Å². The highest BCUT2D eigenvalue weighted by Gasteiger charge is 2.49. The highest BCUT2D eigenvalue weighted by molar-refractivity contribution is 6.07. The van der Waals surface area contributed by atoms with E-state index in [9.17, 15) is 14.0 Å². The van der Waals surface area contributed by atoms with Crippen LogP contribution in [-0.2, 0) is 20.9 Å². The van der Waals surface area contributed by atoms with Crippen LogP contribution in [0.15, 0.2) is 71.1 Å². The molecule has 206 valence electrons. The van der Waals surface area contributed by atoms with Crippen LogP contribution in [0.4, 0.5) is 4.39 Å². The molecule has 5 nitrogen and oxygen atoms in total. The Morgan fingerprint density at radius 1 is 0.846 bits per heavy atom. The van der Waals surface area contributed by atoms with Crippen molar-refractivity contribution in [2.75, 3.05) is 20.3 Å². The van der Waals surface area contributed by atoms with Crippen molar-refractivity contribution in [1.82, 2.24) is 4.90 Å². The van der Waals surface area contributed by atoms with Crippen molar-refractivity contribution in [3.05, 3.63) is 88.0 Å². The van der Waals surface area contributed by atoms with Crippen molar-refractivity contribution in [2.45, 2.75) is 65.9 Å². The zero-order valence-electron chi connectivity index (χ0n) is 23.6. The molecular weight excluding hydrogens is 493 g/mol. The summed E-state index contributed by atoms with van der Waals surface area (Å²) in [5.74, 6) is 0.0321. The molecule has 0 fully saturated rings. The number of hydrogen-bond donors (Lipinski definition) is 0. The van der Waals surface area contributed by atoms with Crippen molar-refractivity contribution >= 4 is 11.6 Å². The van der Waals surface area contributed by atoms with Crippen molar-refractivity contribution in [3.63, 3.8) is 0 Å². The van der Waals surface area contributed by atoms with Crippen LogP contribution in [-0.4, -0.2) is 36.7 Å². The summed E-state index contributed by atoms with van der Waals surface area (Å²) < 4.78 is 25.2. The molecule has 2 aromatic rings. The molecule has 1 heterocycles. The summed E-state index contributed by atoms with van der Waals surface area (Å²) in [6.45, 7) is 9.89. The third-order valence-electron chi connectivity index (χ3n) is 8.08. The second kappa shape index (κ2) is 10.4. The van der Waals surface area contributed by atoms with Crippen molar-refractivity contribution in [3.8, 4) is 5.75 Å². The molecule has 0 bridgehead atoms. The number of allylic oxidation sites excluding steroid dienone is 4. The summed E-state index contributed by atoms with van der Waals surface area (Å²) >= 11 is 0. The molecule has 6 heteroatoms. The Labute approximate surface area is 230 Å². The number of ketones is 2. The number of halogens is 1. The standard InChI is InChI=1S/C33H38FNO4/c1-32(2)16-24-30(26(36)18-32)29(31-25(35(24)14-15-38-5)17-33(3,4)19-27(31)37)23-8-6-7-9-28(23)39-20-21-10-12-22(34)13-11-21/h6-13,29H,14-20H2,1-5H3. The van der Waals surface area contributed by atoms with Gasteiger partial charge < -0.3 is 14.4 Å². The van der Waals surface area contributed by atoms with Gasteiger partial charge in [0.15, 0.2) is 11.6 Å². The smallest absolute Gasteiger partial charge is 0.162 e. The minimum absolute atomic E-state index is 0.0891. The lowest BCUT2D eigenvalue weighted by Crippen LogP contribution is -2.45. The number of rotatable bonds is 7. The molecule has 2 aliphatic carbocycles. The molecule has 5 rings (SSSR count). The Morgan fingerprint density at radius 3 is 1.97 bits per heavy atom. The summed E-state index contributed by atoms with van der Waals surface area (Å²) in [6, 6.07) is 13.9. The van der Waals surface area contributed by atoms with Gasteiger partial charge in [-0.1, -0.05) is 58.0 Å². The molecule has 0 N–H and O–H groups in total. The van der Waals surface area contributed by atoms with E-state index in [2.05, 4.69) is 32.6 Å². The molecule has 2 aromatic carbocycles. The minimum Gasteiger partial charge on any atom is -0.489 e. The summed E-state index contributed by atoms with van der Waals surface area (Å²) in [5, 5.41) is 0. The SMILES string of the molecule is COCCN1C2=C(C(=O)CC(C)(C)C2)C(c2ccccc2OCc2ccc(F)cc2)C2=C1CC(C)(C)CC2=O. The largest absolute Gasteiger partial charge is 0.489 e. The fourth-order valence-electron chi connectivity index (χ4n) is 6.40. The van der Waals surface area contributed by atoms with Gasteiger partial charge in [-0.15, -0.1) is 0 Å². The van der Waals surface area contributed by atoms with E-state index >= 15 is 0 Å². The van der Waals surface area contributed by atoms with Crippen molar-refractivity contribution < 1.29 is 23.5 Å². The number of carbonyl (C=O) groups excluding carboxylic acids is 2. The van der Waals surface area contributed by atoms with E-state index < -0.39 is 5.92 Å². The number of hydrogen-bond acceptors (Lipinski definition) is 5. The van der Waals surface area contributed by atoms with Crippen LogP contribution in [0.2, 0.25) is 0 Å². The third-order valence-corrected chi connectivity index (χ3v) is 8.08. The highest BCUT2D eigenvalue weighted by Crippen LogP contribution is 2.55. The van der Waals surface area contributed by atoms with E-state index in [-0.39, 0.29) is 34.8 Å². The van der Waals surface area contributed by atoms with Crippen LogP contribution >= 0.6 is 0 Å². The molecule has 0 unspecified atom stereocenters. The lowest BCUT2D eigenvalue weighted by molar-refractivity contribution is -0.119. The topological polar surface area (TPSA) is 55.8 Å². The number of benzene rings is 2. The molecule has 39 heavy (non-hydrogen) atoms. The molecule has 0 atom stereocenters. The molecule has 0 amide bonds. The Hall–Kier alpha value is -3.25. The maximum absolute atomic E-state index is 14.0. The van der Waals surface area contributed by atoms with Gasteiger partial charge in [-0.3, -0.25) is 9.59 Å². The van der Waals surface area contributed by atoms with Gasteiger partial charge >= 0.3 is 0 Å². The Bertz CT molecular complexity index is 1300. The lowest BCUT2D eigenvalue weighted by atomic mass is 9.63. The van der Waals surface area contributed by atoms with Crippen LogP contribution in [0.1, 0.15) is 70.4 Å².